The molecule has 2 N–H and O–H groups in total. The standard InChI is InChI=1S/C15H12N2O2/c16-9-11-4-6-12(7-5-11)10-19-15(18)13-2-1-3-14(17)8-13/h1-8H,10,17H2. The number of benzene rings is 2. The highest BCUT2D eigenvalue weighted by Crippen LogP contribution is 2.10. The van der Waals surface area contributed by atoms with E-state index < -0.39 is 5.97 Å². The van der Waals surface area contributed by atoms with Crippen molar-refractivity contribution in [3.8, 4) is 6.07 Å². The van der Waals surface area contributed by atoms with Crippen LogP contribution < -0.4 is 5.73 Å². The number of esters is 1. The molecular weight excluding hydrogens is 240 g/mol. The van der Waals surface area contributed by atoms with Crippen LogP contribution in [0.5, 0.6) is 0 Å². The Morgan fingerprint density at radius 2 is 1.95 bits per heavy atom. The number of nitrogen functional groups attached to an aromatic ring is 1. The van der Waals surface area contributed by atoms with Crippen LogP contribution in [0, 0.1) is 11.3 Å². The molecule has 0 bridgehead atoms. The van der Waals surface area contributed by atoms with Gasteiger partial charge in [-0.1, -0.05) is 18.2 Å². The van der Waals surface area contributed by atoms with E-state index in [4.69, 9.17) is 15.7 Å². The predicted octanol–water partition coefficient (Wildman–Crippen LogP) is 2.50. The van der Waals surface area contributed by atoms with Crippen LogP contribution in [0.15, 0.2) is 48.5 Å². The van der Waals surface area contributed by atoms with Crippen molar-refractivity contribution in [2.45, 2.75) is 6.61 Å². The third-order valence-corrected chi connectivity index (χ3v) is 2.58. The van der Waals surface area contributed by atoms with Gasteiger partial charge >= 0.3 is 5.97 Å². The molecule has 4 nitrogen and oxygen atoms in total. The monoisotopic (exact) mass is 252 g/mol. The number of nitrogens with two attached hydrogens (primary N) is 1. The molecule has 94 valence electrons. The third kappa shape index (κ3) is 3.33. The van der Waals surface area contributed by atoms with Crippen LogP contribution in [0.1, 0.15) is 21.5 Å². The molecule has 0 saturated carbocycles. The van der Waals surface area contributed by atoms with Gasteiger partial charge < -0.3 is 10.5 Å². The first-order valence-corrected chi connectivity index (χ1v) is 5.71. The summed E-state index contributed by atoms with van der Waals surface area (Å²) in [6.45, 7) is 0.166. The summed E-state index contributed by atoms with van der Waals surface area (Å²) in [6, 6.07) is 15.5. The summed E-state index contributed by atoms with van der Waals surface area (Å²) in [6.07, 6.45) is 0. The summed E-state index contributed by atoms with van der Waals surface area (Å²) < 4.78 is 5.17. The van der Waals surface area contributed by atoms with E-state index in [1.807, 2.05) is 6.07 Å². The average Bonchev–Trinajstić information content (AvgIpc) is 2.45. The summed E-state index contributed by atoms with van der Waals surface area (Å²) in [4.78, 5) is 11.8. The molecule has 0 fully saturated rings. The highest BCUT2D eigenvalue weighted by atomic mass is 16.5. The van der Waals surface area contributed by atoms with Gasteiger partial charge in [-0.15, -0.1) is 0 Å². The van der Waals surface area contributed by atoms with E-state index in [0.717, 1.165) is 5.56 Å². The van der Waals surface area contributed by atoms with Gasteiger partial charge in [0.25, 0.3) is 0 Å². The van der Waals surface area contributed by atoms with E-state index in [2.05, 4.69) is 0 Å². The van der Waals surface area contributed by atoms with Crippen LogP contribution >= 0.6 is 0 Å². The Morgan fingerprint density at radius 1 is 1.21 bits per heavy atom. The molecule has 0 aliphatic rings. The minimum absolute atomic E-state index is 0.166. The summed E-state index contributed by atoms with van der Waals surface area (Å²) >= 11 is 0. The maximum Gasteiger partial charge on any atom is 0.338 e. The third-order valence-electron chi connectivity index (χ3n) is 2.58. The lowest BCUT2D eigenvalue weighted by atomic mass is 10.1. The Bertz CT molecular complexity index is 627. The van der Waals surface area contributed by atoms with Gasteiger partial charge in [-0.25, -0.2) is 4.79 Å². The molecule has 0 amide bonds. The minimum Gasteiger partial charge on any atom is -0.457 e. The van der Waals surface area contributed by atoms with Crippen molar-refractivity contribution in [1.29, 1.82) is 5.26 Å². The van der Waals surface area contributed by atoms with E-state index in [0.29, 0.717) is 16.8 Å². The van der Waals surface area contributed by atoms with Crippen molar-refractivity contribution in [1.82, 2.24) is 0 Å². The van der Waals surface area contributed by atoms with Crippen LogP contribution in [0.3, 0.4) is 0 Å². The second kappa shape index (κ2) is 5.69. The first-order valence-electron chi connectivity index (χ1n) is 5.71. The number of anilines is 1. The molecule has 2 aromatic rings. The van der Waals surface area contributed by atoms with E-state index in [1.54, 1.807) is 48.5 Å². The van der Waals surface area contributed by atoms with E-state index >= 15 is 0 Å². The zero-order valence-electron chi connectivity index (χ0n) is 10.2. The number of hydrogen-bond acceptors (Lipinski definition) is 4. The average molecular weight is 252 g/mol. The number of nitrogens with zero attached hydrogens (tertiary/aromatic N) is 1. The molecule has 0 unspecified atom stereocenters. The highest BCUT2D eigenvalue weighted by molar-refractivity contribution is 5.90. The Balaban J connectivity index is 1.98. The smallest absolute Gasteiger partial charge is 0.338 e. The number of nitriles is 1. The number of carbonyl (C=O) groups is 1. The second-order valence-electron chi connectivity index (χ2n) is 4.01. The van der Waals surface area contributed by atoms with Crippen molar-refractivity contribution in [2.75, 3.05) is 5.73 Å². The maximum absolute atomic E-state index is 11.8. The SMILES string of the molecule is N#Cc1ccc(COC(=O)c2cccc(N)c2)cc1. The first-order chi connectivity index (χ1) is 9.19. The minimum atomic E-state index is -0.420. The maximum atomic E-state index is 11.8. The Labute approximate surface area is 111 Å². The highest BCUT2D eigenvalue weighted by Gasteiger charge is 2.07. The summed E-state index contributed by atoms with van der Waals surface area (Å²) in [5.74, 6) is -0.420. The second-order valence-corrected chi connectivity index (χ2v) is 4.01. The first kappa shape index (κ1) is 12.7. The van der Waals surface area contributed by atoms with Crippen LogP contribution in [-0.4, -0.2) is 5.97 Å². The van der Waals surface area contributed by atoms with Crippen LogP contribution in [0.4, 0.5) is 5.69 Å². The summed E-state index contributed by atoms with van der Waals surface area (Å²) in [7, 11) is 0. The predicted molar refractivity (Wildman–Crippen MR) is 71.1 cm³/mol. The fourth-order valence-electron chi connectivity index (χ4n) is 1.57. The molecule has 0 spiro atoms. The molecule has 4 heteroatoms. The van der Waals surface area contributed by atoms with Gasteiger partial charge in [-0.2, -0.15) is 5.26 Å². The molecule has 19 heavy (non-hydrogen) atoms. The van der Waals surface area contributed by atoms with Gasteiger partial charge in [0, 0.05) is 5.69 Å². The van der Waals surface area contributed by atoms with Crippen LogP contribution in [-0.2, 0) is 11.3 Å². The lowest BCUT2D eigenvalue weighted by molar-refractivity contribution is 0.0473. The van der Waals surface area contributed by atoms with E-state index in [-0.39, 0.29) is 6.61 Å². The molecule has 0 aromatic heterocycles. The summed E-state index contributed by atoms with van der Waals surface area (Å²) in [5.41, 5.74) is 7.95. The zero-order valence-corrected chi connectivity index (χ0v) is 10.2. The number of hydrogen-bond donors (Lipinski definition) is 1. The van der Waals surface area contributed by atoms with Gasteiger partial charge in [0.15, 0.2) is 0 Å². The molecule has 2 rings (SSSR count). The molecule has 0 radical (unpaired) electrons. The molecule has 0 atom stereocenters. The molecule has 0 saturated heterocycles. The van der Waals surface area contributed by atoms with Crippen molar-refractivity contribution in [2.24, 2.45) is 0 Å². The number of carbonyl (C=O) groups excluding carboxylic acids is 1. The molecule has 2 aromatic carbocycles. The number of ether oxygens (including phenoxy) is 1. The van der Waals surface area contributed by atoms with E-state index in [1.165, 1.54) is 0 Å². The summed E-state index contributed by atoms with van der Waals surface area (Å²) in [5, 5.41) is 8.67. The normalized spacial score (nSPS) is 9.63. The molecule has 0 aliphatic carbocycles. The van der Waals surface area contributed by atoms with Crippen LogP contribution in [0.25, 0.3) is 0 Å². The van der Waals surface area contributed by atoms with Crippen molar-refractivity contribution in [3.05, 3.63) is 65.2 Å². The van der Waals surface area contributed by atoms with Crippen molar-refractivity contribution in [3.63, 3.8) is 0 Å². The molecular formula is C15H12N2O2. The van der Waals surface area contributed by atoms with Gasteiger partial charge in [0.05, 0.1) is 17.2 Å². The topological polar surface area (TPSA) is 76.1 Å². The largest absolute Gasteiger partial charge is 0.457 e. The Kier molecular flexibility index (Phi) is 3.79. The molecule has 0 aliphatic heterocycles. The van der Waals surface area contributed by atoms with Crippen molar-refractivity contribution < 1.29 is 9.53 Å². The zero-order chi connectivity index (χ0) is 13.7. The lowest BCUT2D eigenvalue weighted by Crippen LogP contribution is -2.05. The van der Waals surface area contributed by atoms with Gasteiger partial charge in [0.2, 0.25) is 0 Å². The number of rotatable bonds is 3. The fraction of sp³-hybridized carbons (Fsp3) is 0.0667. The van der Waals surface area contributed by atoms with Crippen LogP contribution in [0.2, 0.25) is 0 Å². The van der Waals surface area contributed by atoms with Crippen molar-refractivity contribution >= 4 is 11.7 Å². The van der Waals surface area contributed by atoms with Gasteiger partial charge in [-0.05, 0) is 35.9 Å². The Hall–Kier alpha value is -2.80. The van der Waals surface area contributed by atoms with E-state index in [9.17, 15) is 4.79 Å². The Morgan fingerprint density at radius 3 is 2.58 bits per heavy atom. The quantitative estimate of drug-likeness (QED) is 0.672. The molecule has 0 heterocycles. The fourth-order valence-corrected chi connectivity index (χ4v) is 1.57. The van der Waals surface area contributed by atoms with Gasteiger partial charge in [0.1, 0.15) is 6.61 Å². The van der Waals surface area contributed by atoms with Gasteiger partial charge in [-0.3, -0.25) is 0 Å². The lowest BCUT2D eigenvalue weighted by Gasteiger charge is -2.05.